The number of sulfonamides is 1. The van der Waals surface area contributed by atoms with Gasteiger partial charge in [0.15, 0.2) is 0 Å². The maximum atomic E-state index is 10.4. The zero-order valence-corrected chi connectivity index (χ0v) is 37.5. The van der Waals surface area contributed by atoms with E-state index in [9.17, 15) is 21.4 Å². The maximum Gasteiger partial charge on any atom is 1.00 e. The van der Waals surface area contributed by atoms with Gasteiger partial charge in [-0.05, 0) is 45.4 Å². The second-order valence-electron chi connectivity index (χ2n) is 6.19. The smallest absolute Gasteiger partial charge is 0.917 e. The Morgan fingerprint density at radius 3 is 1.13 bits per heavy atom. The summed E-state index contributed by atoms with van der Waals surface area (Å²) in [5.41, 5.74) is 0. The van der Waals surface area contributed by atoms with Crippen LogP contribution in [0.25, 0.3) is 0 Å². The van der Waals surface area contributed by atoms with Gasteiger partial charge in [-0.25, -0.2) is 26.9 Å². The van der Waals surface area contributed by atoms with Crippen LogP contribution in [0.3, 0.4) is 0 Å². The van der Waals surface area contributed by atoms with E-state index in [0.717, 1.165) is 47.0 Å². The molecule has 0 aliphatic rings. The van der Waals surface area contributed by atoms with Gasteiger partial charge < -0.3 is 17.5 Å². The van der Waals surface area contributed by atoms with Gasteiger partial charge in [0.2, 0.25) is 10.0 Å². The van der Waals surface area contributed by atoms with Gasteiger partial charge in [-0.15, -0.1) is 0 Å². The summed E-state index contributed by atoms with van der Waals surface area (Å²) in [6.45, 7) is 2.08. The van der Waals surface area contributed by atoms with Gasteiger partial charge in [0, 0.05) is 27.1 Å². The van der Waals surface area contributed by atoms with Crippen LogP contribution in [0.15, 0.2) is 0 Å². The van der Waals surface area contributed by atoms with Crippen LogP contribution in [-0.4, -0.2) is 70.6 Å². The molecule has 0 fully saturated rings. The second-order valence-corrected chi connectivity index (χ2v) is 13.0. The van der Waals surface area contributed by atoms with Crippen LogP contribution in [0.2, 0.25) is 0 Å². The fourth-order valence-electron chi connectivity index (χ4n) is 1.49. The molecule has 0 unspecified atom stereocenters. The summed E-state index contributed by atoms with van der Waals surface area (Å²) in [6.07, 6.45) is 8.77. The molecule has 11 nitrogen and oxygen atoms in total. The Kier molecular flexibility index (Phi) is 82.9. The minimum Gasteiger partial charge on any atom is -0.917 e. The zero-order valence-electron chi connectivity index (χ0n) is 22.7. The SMILES string of the molecule is BrCCCCCBr.CCOO.NS(=O)(=O)CCCCCBr.O=S(=O)([O-])CCCCCBr.O=[S-](=O)[O-].[Na+].[Na+].[Na+]. The van der Waals surface area contributed by atoms with Crippen molar-refractivity contribution < 1.29 is 133 Å². The van der Waals surface area contributed by atoms with Crippen LogP contribution in [-0.2, 0) is 44.4 Å². The predicted octanol–water partition coefficient (Wildman–Crippen LogP) is -4.18. The van der Waals surface area contributed by atoms with E-state index in [-0.39, 0.29) is 100 Å². The van der Waals surface area contributed by atoms with E-state index >= 15 is 0 Å². The number of halogens is 4. The Bertz CT molecular complexity index is 628. The quantitative estimate of drug-likeness (QED) is 0.0237. The molecule has 21 heteroatoms. The van der Waals surface area contributed by atoms with E-state index in [1.165, 1.54) is 19.3 Å². The molecule has 0 amide bonds. The number of primary sulfonamides is 1. The van der Waals surface area contributed by atoms with Crippen LogP contribution >= 0.6 is 63.7 Å². The molecule has 0 aliphatic heterocycles. The molecule has 0 rings (SSSR count). The van der Waals surface area contributed by atoms with Gasteiger partial charge in [-0.2, -0.15) is 11.0 Å². The topological polar surface area (TPSA) is 204 Å². The molecule has 0 heterocycles. The van der Waals surface area contributed by atoms with Crippen LogP contribution < -0.4 is 93.8 Å². The van der Waals surface area contributed by atoms with Crippen LogP contribution in [0, 0.1) is 0 Å². The fraction of sp³-hybridized carbons (Fsp3) is 1.00. The Balaban J connectivity index is -0.0000000506. The van der Waals surface area contributed by atoms with Gasteiger partial charge in [-0.3, -0.25) is 5.26 Å². The number of hydrogen-bond donors (Lipinski definition) is 2. The van der Waals surface area contributed by atoms with Crippen molar-refractivity contribution in [1.29, 1.82) is 0 Å². The third-order valence-electron chi connectivity index (χ3n) is 2.99. The van der Waals surface area contributed by atoms with Gasteiger partial charge in [0.1, 0.15) is 0 Å². The molecule has 0 aromatic rings. The van der Waals surface area contributed by atoms with Crippen molar-refractivity contribution in [2.75, 3.05) is 39.4 Å². The molecule has 0 aliphatic carbocycles. The van der Waals surface area contributed by atoms with Crippen molar-refractivity contribution in [1.82, 2.24) is 0 Å². The Morgan fingerprint density at radius 1 is 0.711 bits per heavy atom. The standard InChI is InChI=1S/C5H10Br2.C5H12BrNO2S.C5H11BrO3S.C2H6O2.3Na.O3S/c6-4-2-1-3-5-7;2*6-4-2-1-3-5-10(7,8)9;1-2-4-3;;;;1-4(2)3/h1-5H2;1-5H2,(H2,7,8,9);1-5H2,(H,7,8,9);3H,2H2,1H3;;;;/q;;;;3*+1;-2/p-1. The van der Waals surface area contributed by atoms with E-state index < -0.39 is 31.1 Å². The van der Waals surface area contributed by atoms with Gasteiger partial charge in [0.05, 0.1) is 22.5 Å². The average molecular weight is 901 g/mol. The molecule has 3 N–H and O–H groups in total. The second kappa shape index (κ2) is 51.2. The summed E-state index contributed by atoms with van der Waals surface area (Å²) in [4.78, 5) is 3.54. The van der Waals surface area contributed by atoms with Crippen molar-refractivity contribution in [2.45, 2.75) is 64.7 Å². The van der Waals surface area contributed by atoms with Gasteiger partial charge >= 0.3 is 88.7 Å². The zero-order chi connectivity index (χ0) is 28.6. The minimum absolute atomic E-state index is 0. The van der Waals surface area contributed by atoms with E-state index in [4.69, 9.17) is 23.4 Å². The van der Waals surface area contributed by atoms with Crippen LogP contribution in [0.4, 0.5) is 0 Å². The first kappa shape index (κ1) is 61.6. The van der Waals surface area contributed by atoms with Crippen molar-refractivity contribution in [3.05, 3.63) is 0 Å². The average Bonchev–Trinajstić information content (AvgIpc) is 2.74. The van der Waals surface area contributed by atoms with E-state index in [1.54, 1.807) is 6.92 Å². The Labute approximate surface area is 332 Å². The fourth-order valence-corrected chi connectivity index (χ4v) is 4.24. The molecular weight excluding hydrogens is 863 g/mol. The van der Waals surface area contributed by atoms with Crippen LogP contribution in [0.1, 0.15) is 64.7 Å². The molecule has 0 saturated carbocycles. The molecule has 0 spiro atoms. The largest absolute Gasteiger partial charge is 1.00 e. The van der Waals surface area contributed by atoms with E-state index in [0.29, 0.717) is 19.4 Å². The third kappa shape index (κ3) is 114. The number of nitrogens with two attached hydrogens (primary N) is 1. The van der Waals surface area contributed by atoms with Crippen molar-refractivity contribution in [2.24, 2.45) is 5.14 Å². The Morgan fingerprint density at radius 2 is 0.947 bits per heavy atom. The van der Waals surface area contributed by atoms with Crippen molar-refractivity contribution >= 4 is 94.8 Å². The molecule has 0 bridgehead atoms. The normalized spacial score (nSPS) is 9.63. The summed E-state index contributed by atoms with van der Waals surface area (Å²) in [5, 5.41) is 16.3. The summed E-state index contributed by atoms with van der Waals surface area (Å²) >= 11 is 13.2. The predicted molar refractivity (Wildman–Crippen MR) is 153 cm³/mol. The summed E-state index contributed by atoms with van der Waals surface area (Å²) in [7, 11) is -10.3. The summed E-state index contributed by atoms with van der Waals surface area (Å²) in [5.74, 6) is -0.111. The molecule has 0 atom stereocenters. The van der Waals surface area contributed by atoms with Crippen LogP contribution in [0.5, 0.6) is 0 Å². The monoisotopic (exact) mass is 897 g/mol. The van der Waals surface area contributed by atoms with Gasteiger partial charge in [0.25, 0.3) is 0 Å². The first-order valence-electron chi connectivity index (χ1n) is 10.4. The Hall–Kier alpha value is 4.57. The molecule has 220 valence electrons. The molecule has 38 heavy (non-hydrogen) atoms. The number of unbranched alkanes of at least 4 members (excludes halogenated alkanes) is 6. The maximum absolute atomic E-state index is 10.4. The summed E-state index contributed by atoms with van der Waals surface area (Å²) < 4.78 is 76.1. The van der Waals surface area contributed by atoms with Crippen molar-refractivity contribution in [3.8, 4) is 0 Å². The van der Waals surface area contributed by atoms with E-state index in [1.807, 2.05) is 0 Å². The first-order valence-corrected chi connectivity index (χ1v) is 19.2. The molecular formula is C17H38Br4NNa3O10S3. The number of alkyl halides is 4. The molecule has 0 saturated heterocycles. The number of rotatable bonds is 15. The first-order chi connectivity index (χ1) is 16.2. The molecule has 0 radical (unpaired) electrons. The summed E-state index contributed by atoms with van der Waals surface area (Å²) in [6, 6.07) is 0. The van der Waals surface area contributed by atoms with Crippen molar-refractivity contribution in [3.63, 3.8) is 0 Å². The minimum atomic E-state index is -3.97. The van der Waals surface area contributed by atoms with E-state index in [2.05, 4.69) is 68.6 Å². The van der Waals surface area contributed by atoms with Gasteiger partial charge in [-0.1, -0.05) is 83.0 Å². The molecule has 0 aromatic carbocycles. The number of hydrogen-bond acceptors (Lipinski definition) is 11. The third-order valence-corrected chi connectivity index (χ3v) is 6.88. The molecule has 0 aromatic heterocycles.